The predicted octanol–water partition coefficient (Wildman–Crippen LogP) is 6.42. The topological polar surface area (TPSA) is 158 Å². The van der Waals surface area contributed by atoms with Crippen molar-refractivity contribution >= 4 is 29.6 Å². The fourth-order valence-corrected chi connectivity index (χ4v) is 8.99. The van der Waals surface area contributed by atoms with Crippen molar-refractivity contribution in [1.29, 1.82) is 0 Å². The monoisotopic (exact) mass is 858 g/mol. The summed E-state index contributed by atoms with van der Waals surface area (Å²) in [5, 5.41) is 15.8. The maximum Gasteiger partial charge on any atom is 0.326 e. The summed E-state index contributed by atoms with van der Waals surface area (Å²) in [5.41, 5.74) is 0.793. The molecule has 13 heteroatoms. The number of benzene rings is 1. The van der Waals surface area contributed by atoms with E-state index in [0.717, 1.165) is 37.8 Å². The van der Waals surface area contributed by atoms with Crippen LogP contribution in [0.1, 0.15) is 125 Å². The average molecular weight is 858 g/mol. The van der Waals surface area contributed by atoms with Crippen molar-refractivity contribution in [2.75, 3.05) is 47.9 Å². The van der Waals surface area contributed by atoms with E-state index in [4.69, 9.17) is 9.47 Å². The predicted molar refractivity (Wildman–Crippen MR) is 242 cm³/mol. The summed E-state index contributed by atoms with van der Waals surface area (Å²) in [6.07, 6.45) is 8.27. The van der Waals surface area contributed by atoms with Crippen LogP contribution < -0.4 is 10.6 Å². The van der Waals surface area contributed by atoms with E-state index in [1.807, 2.05) is 65.1 Å². The molecule has 3 unspecified atom stereocenters. The van der Waals surface area contributed by atoms with Crippen LogP contribution in [0.3, 0.4) is 0 Å². The fourth-order valence-electron chi connectivity index (χ4n) is 8.99. The first-order chi connectivity index (χ1) is 28.9. The molecule has 1 aromatic rings. The molecule has 0 aliphatic carbocycles. The molecule has 0 aromatic heterocycles. The second-order valence-corrected chi connectivity index (χ2v) is 18.3. The van der Waals surface area contributed by atoms with Gasteiger partial charge in [0.15, 0.2) is 0 Å². The van der Waals surface area contributed by atoms with Gasteiger partial charge in [0.05, 0.1) is 36.6 Å². The van der Waals surface area contributed by atoms with Crippen molar-refractivity contribution < 1.29 is 38.6 Å². The maximum atomic E-state index is 14.2. The van der Waals surface area contributed by atoms with Crippen LogP contribution in [0.25, 0.3) is 0 Å². The highest BCUT2D eigenvalue weighted by molar-refractivity contribution is 5.90. The molecule has 0 radical (unpaired) electrons. The molecule has 1 aliphatic rings. The number of ether oxygens (including phenoxy) is 2. The van der Waals surface area contributed by atoms with Crippen LogP contribution in [0, 0.1) is 29.6 Å². The normalized spacial score (nSPS) is 18.3. The molecule has 2 rings (SSSR count). The number of methoxy groups -OCH3 is 2. The van der Waals surface area contributed by atoms with Crippen molar-refractivity contribution in [3.05, 3.63) is 35.9 Å². The number of unbranched alkanes of at least 4 members (excludes halogenated alkanes) is 5. The third-order valence-electron chi connectivity index (χ3n) is 12.9. The lowest BCUT2D eigenvalue weighted by Crippen LogP contribution is -2.57. The Morgan fingerprint density at radius 2 is 1.49 bits per heavy atom. The molecule has 3 N–H and O–H groups in total. The zero-order chi connectivity index (χ0) is 45.8. The number of hydrogen-bond acceptors (Lipinski definition) is 8. The first-order valence-electron chi connectivity index (χ1n) is 23.1. The molecule has 9 atom stereocenters. The lowest BCUT2D eigenvalue weighted by atomic mass is 9.84. The second kappa shape index (κ2) is 27.5. The number of carbonyl (C=O) groups excluding carboxylic acids is 4. The molecule has 1 aliphatic heterocycles. The van der Waals surface area contributed by atoms with Gasteiger partial charge in [-0.2, -0.15) is 0 Å². The number of likely N-dealkylation sites (N-methyl/N-ethyl adjacent to an activating group) is 2. The third kappa shape index (κ3) is 16.6. The highest BCUT2D eigenvalue weighted by Crippen LogP contribution is 2.30. The number of rotatable bonds is 29. The summed E-state index contributed by atoms with van der Waals surface area (Å²) in [5.74, 6) is -2.95. The lowest BCUT2D eigenvalue weighted by Gasteiger charge is -2.38. The van der Waals surface area contributed by atoms with E-state index in [2.05, 4.69) is 36.3 Å². The van der Waals surface area contributed by atoms with Gasteiger partial charge in [-0.05, 0) is 56.2 Å². The minimum atomic E-state index is -1.13. The smallest absolute Gasteiger partial charge is 0.326 e. The quantitative estimate of drug-likeness (QED) is 0.0774. The van der Waals surface area contributed by atoms with E-state index in [1.165, 1.54) is 32.8 Å². The number of nitrogens with one attached hydrogen (secondary N) is 2. The Bertz CT molecular complexity index is 1480. The highest BCUT2D eigenvalue weighted by atomic mass is 16.5. The Morgan fingerprint density at radius 1 is 0.852 bits per heavy atom. The van der Waals surface area contributed by atoms with Gasteiger partial charge < -0.3 is 35.0 Å². The SMILES string of the molecule is CCCCCCCCN(C)[C@H](C(=O)N[C@H](C(=O)N(C)CC(C(CC(=O)N1CCC[C@H]1C(OC)[C@@H](C)C(=O)N[C@@H](Cc1ccccc1)C(=O)O)OC)[C@@H](C)CC)C(C)C)C(C)C. The Morgan fingerprint density at radius 3 is 2.05 bits per heavy atom. The first-order valence-corrected chi connectivity index (χ1v) is 23.1. The van der Waals surface area contributed by atoms with Crippen molar-refractivity contribution in [1.82, 2.24) is 25.3 Å². The third-order valence-corrected chi connectivity index (χ3v) is 12.9. The van der Waals surface area contributed by atoms with E-state index in [9.17, 15) is 29.1 Å². The number of carbonyl (C=O) groups is 5. The summed E-state index contributed by atoms with van der Waals surface area (Å²) in [6, 6.07) is 6.55. The van der Waals surface area contributed by atoms with Crippen molar-refractivity contribution in [2.24, 2.45) is 29.6 Å². The molecule has 61 heavy (non-hydrogen) atoms. The van der Waals surface area contributed by atoms with E-state index in [1.54, 1.807) is 30.9 Å². The van der Waals surface area contributed by atoms with E-state index >= 15 is 0 Å². The van der Waals surface area contributed by atoms with Gasteiger partial charge in [0.25, 0.3) is 0 Å². The number of hydrogen-bond donors (Lipinski definition) is 3. The minimum absolute atomic E-state index is 0.0597. The van der Waals surface area contributed by atoms with Crippen molar-refractivity contribution in [2.45, 2.75) is 162 Å². The van der Waals surface area contributed by atoms with Crippen LogP contribution in [0.5, 0.6) is 0 Å². The molecule has 1 saturated heterocycles. The van der Waals surface area contributed by atoms with Gasteiger partial charge in [-0.25, -0.2) is 4.79 Å². The summed E-state index contributed by atoms with van der Waals surface area (Å²) in [6.45, 7) is 17.7. The van der Waals surface area contributed by atoms with Crippen LogP contribution in [0.2, 0.25) is 0 Å². The molecular weight excluding hydrogens is 775 g/mol. The zero-order valence-corrected chi connectivity index (χ0v) is 39.8. The van der Waals surface area contributed by atoms with E-state index < -0.39 is 48.1 Å². The number of carboxylic acid groups (broad SMARTS) is 1. The summed E-state index contributed by atoms with van der Waals surface area (Å²) < 4.78 is 12.0. The molecule has 0 bridgehead atoms. The highest BCUT2D eigenvalue weighted by Gasteiger charge is 2.42. The van der Waals surface area contributed by atoms with E-state index in [0.29, 0.717) is 19.5 Å². The number of nitrogens with zero attached hydrogens (tertiary/aromatic N) is 3. The summed E-state index contributed by atoms with van der Waals surface area (Å²) >= 11 is 0. The van der Waals surface area contributed by atoms with E-state index in [-0.39, 0.29) is 60.3 Å². The van der Waals surface area contributed by atoms with Crippen LogP contribution in [-0.2, 0) is 39.9 Å². The van der Waals surface area contributed by atoms with Gasteiger partial charge in [0, 0.05) is 46.7 Å². The van der Waals surface area contributed by atoms with Crippen molar-refractivity contribution in [3.63, 3.8) is 0 Å². The molecule has 1 aromatic carbocycles. The van der Waals surface area contributed by atoms with Gasteiger partial charge in [0.2, 0.25) is 23.6 Å². The minimum Gasteiger partial charge on any atom is -0.480 e. The van der Waals surface area contributed by atoms with Crippen LogP contribution in [0.15, 0.2) is 30.3 Å². The Labute approximate surface area is 368 Å². The molecule has 1 fully saturated rings. The first kappa shape index (κ1) is 53.6. The number of amides is 4. The summed E-state index contributed by atoms with van der Waals surface area (Å²) in [4.78, 5) is 73.7. The number of carboxylic acids is 1. The average Bonchev–Trinajstić information content (AvgIpc) is 3.71. The van der Waals surface area contributed by atoms with Crippen LogP contribution in [-0.4, -0.2) is 134 Å². The Balaban J connectivity index is 2.18. The molecule has 13 nitrogen and oxygen atoms in total. The van der Waals surface area contributed by atoms with Crippen molar-refractivity contribution in [3.8, 4) is 0 Å². The summed E-state index contributed by atoms with van der Waals surface area (Å²) in [7, 11) is 6.88. The van der Waals surface area contributed by atoms with Crippen LogP contribution >= 0.6 is 0 Å². The molecule has 0 spiro atoms. The van der Waals surface area contributed by atoms with Gasteiger partial charge in [-0.1, -0.05) is 124 Å². The van der Waals surface area contributed by atoms with Gasteiger partial charge in [-0.3, -0.25) is 24.1 Å². The zero-order valence-electron chi connectivity index (χ0n) is 39.8. The molecule has 348 valence electrons. The molecule has 1 heterocycles. The standard InChI is InChI=1S/C48H83N5O8/c1-13-15-16-17-18-22-27-51(9)43(33(5)6)46(56)50-42(32(3)4)47(57)52(10)31-37(34(7)14-2)40(60-11)30-41(54)53-28-23-26-39(53)44(61-12)35(8)45(55)49-38(48(58)59)29-36-24-20-19-21-25-36/h19-21,24-25,32-35,37-40,42-44H,13-18,22-23,26-31H2,1-12H3,(H,49,55)(H,50,56)(H,58,59)/t34-,35+,37?,38-,39-,40?,42-,43-,44?/m0/s1. The Hall–Kier alpha value is -3.55. The molecule has 4 amide bonds. The maximum absolute atomic E-state index is 14.2. The molecule has 0 saturated carbocycles. The number of likely N-dealkylation sites (tertiary alicyclic amines) is 1. The lowest BCUT2D eigenvalue weighted by molar-refractivity contribution is -0.145. The van der Waals surface area contributed by atoms with Gasteiger partial charge in [0.1, 0.15) is 12.1 Å². The Kier molecular flexibility index (Phi) is 24.2. The van der Waals surface area contributed by atoms with Crippen LogP contribution in [0.4, 0.5) is 0 Å². The van der Waals surface area contributed by atoms with Gasteiger partial charge >= 0.3 is 5.97 Å². The molecular formula is C48H83N5O8. The second-order valence-electron chi connectivity index (χ2n) is 18.3. The van der Waals surface area contributed by atoms with Gasteiger partial charge in [-0.15, -0.1) is 0 Å². The largest absolute Gasteiger partial charge is 0.480 e. The fraction of sp³-hybridized carbons (Fsp3) is 0.771. The number of aliphatic carboxylic acids is 1.